The van der Waals surface area contributed by atoms with Gasteiger partial charge in [-0.25, -0.2) is 14.5 Å². The molecule has 112 valence electrons. The van der Waals surface area contributed by atoms with Crippen molar-refractivity contribution in [2.24, 2.45) is 0 Å². The first-order valence-corrected chi connectivity index (χ1v) is 7.12. The molecule has 2 N–H and O–H groups in total. The van der Waals surface area contributed by atoms with Crippen LogP contribution in [0.1, 0.15) is 42.5 Å². The molecular formula is C15H20N4O2. The first kappa shape index (κ1) is 15.0. The molecule has 2 aromatic heterocycles. The van der Waals surface area contributed by atoms with E-state index in [0.717, 1.165) is 17.8 Å². The van der Waals surface area contributed by atoms with E-state index in [9.17, 15) is 4.79 Å². The number of rotatable bonds is 5. The number of ether oxygens (including phenoxy) is 1. The topological polar surface area (TPSA) is 83.0 Å². The lowest BCUT2D eigenvalue weighted by atomic mass is 10.2. The monoisotopic (exact) mass is 288 g/mol. The molecule has 2 heterocycles. The zero-order valence-corrected chi connectivity index (χ0v) is 12.6. The summed E-state index contributed by atoms with van der Waals surface area (Å²) in [5.74, 6) is 0.0500. The van der Waals surface area contributed by atoms with Crippen LogP contribution in [0.15, 0.2) is 18.3 Å². The van der Waals surface area contributed by atoms with Gasteiger partial charge in [-0.15, -0.1) is 0 Å². The predicted molar refractivity (Wildman–Crippen MR) is 80.5 cm³/mol. The summed E-state index contributed by atoms with van der Waals surface area (Å²) in [7, 11) is 0. The minimum Gasteiger partial charge on any atom is -0.462 e. The Morgan fingerprint density at radius 1 is 1.33 bits per heavy atom. The zero-order valence-electron chi connectivity index (χ0n) is 12.6. The number of pyridine rings is 1. The second-order valence-corrected chi connectivity index (χ2v) is 4.52. The summed E-state index contributed by atoms with van der Waals surface area (Å²) in [6.07, 6.45) is 3.06. The summed E-state index contributed by atoms with van der Waals surface area (Å²) in [6.45, 7) is 6.07. The number of carbonyl (C=O) groups excluding carboxylic acids is 1. The van der Waals surface area contributed by atoms with Crippen LogP contribution in [-0.4, -0.2) is 27.3 Å². The van der Waals surface area contributed by atoms with Crippen LogP contribution >= 0.6 is 0 Å². The average molecular weight is 288 g/mol. The van der Waals surface area contributed by atoms with Gasteiger partial charge in [0, 0.05) is 6.20 Å². The van der Waals surface area contributed by atoms with Crippen molar-refractivity contribution in [3.05, 3.63) is 35.3 Å². The Balaban J connectivity index is 2.59. The molecule has 6 nitrogen and oxygen atoms in total. The summed E-state index contributed by atoms with van der Waals surface area (Å²) < 4.78 is 6.73. The van der Waals surface area contributed by atoms with Gasteiger partial charge in [0.25, 0.3) is 0 Å². The molecule has 0 atom stereocenters. The lowest BCUT2D eigenvalue weighted by Gasteiger charge is -2.10. The zero-order chi connectivity index (χ0) is 15.4. The number of hydrogen-bond acceptors (Lipinski definition) is 5. The van der Waals surface area contributed by atoms with Crippen molar-refractivity contribution < 1.29 is 9.53 Å². The van der Waals surface area contributed by atoms with Crippen LogP contribution in [0.25, 0.3) is 5.82 Å². The van der Waals surface area contributed by atoms with Crippen molar-refractivity contribution in [1.82, 2.24) is 14.8 Å². The number of nitrogen functional groups attached to an aromatic ring is 1. The lowest BCUT2D eigenvalue weighted by molar-refractivity contribution is 0.0525. The van der Waals surface area contributed by atoms with Gasteiger partial charge in [0.15, 0.2) is 5.82 Å². The molecular weight excluding hydrogens is 268 g/mol. The Kier molecular flexibility index (Phi) is 4.57. The number of hydrogen-bond donors (Lipinski definition) is 1. The standard InChI is InChI=1S/C15H20N4O2/c1-4-11-13(16)12(5-2)19(18-11)14-10(8-7-9-17-14)15(20)21-6-3/h7-9H,4-6,16H2,1-3H3. The molecule has 6 heteroatoms. The van der Waals surface area contributed by atoms with E-state index in [0.29, 0.717) is 30.1 Å². The van der Waals surface area contributed by atoms with Crippen molar-refractivity contribution in [2.45, 2.75) is 33.6 Å². The third-order valence-corrected chi connectivity index (χ3v) is 3.25. The maximum Gasteiger partial charge on any atom is 0.341 e. The molecule has 21 heavy (non-hydrogen) atoms. The van der Waals surface area contributed by atoms with E-state index >= 15 is 0 Å². The Labute approximate surface area is 123 Å². The number of anilines is 1. The molecule has 0 aliphatic heterocycles. The minimum absolute atomic E-state index is 0.315. The van der Waals surface area contributed by atoms with E-state index in [2.05, 4.69) is 10.1 Å². The van der Waals surface area contributed by atoms with Crippen LogP contribution in [0.2, 0.25) is 0 Å². The van der Waals surface area contributed by atoms with E-state index in [4.69, 9.17) is 10.5 Å². The first-order chi connectivity index (χ1) is 10.1. The van der Waals surface area contributed by atoms with Gasteiger partial charge in [0.05, 0.1) is 23.7 Å². The number of aryl methyl sites for hydroxylation is 1. The molecule has 0 saturated carbocycles. The van der Waals surface area contributed by atoms with Gasteiger partial charge in [0.1, 0.15) is 5.56 Å². The van der Waals surface area contributed by atoms with Crippen LogP contribution in [-0.2, 0) is 17.6 Å². The average Bonchev–Trinajstić information content (AvgIpc) is 2.83. The summed E-state index contributed by atoms with van der Waals surface area (Å²) >= 11 is 0. The van der Waals surface area contributed by atoms with Gasteiger partial charge in [-0.05, 0) is 31.9 Å². The Bertz CT molecular complexity index is 649. The minimum atomic E-state index is -0.408. The third-order valence-electron chi connectivity index (χ3n) is 3.25. The molecule has 0 aliphatic carbocycles. The van der Waals surface area contributed by atoms with E-state index in [-0.39, 0.29) is 0 Å². The second-order valence-electron chi connectivity index (χ2n) is 4.52. The van der Waals surface area contributed by atoms with E-state index in [1.807, 2.05) is 13.8 Å². The molecule has 0 amide bonds. The molecule has 0 aliphatic rings. The number of nitrogens with zero attached hydrogens (tertiary/aromatic N) is 3. The summed E-state index contributed by atoms with van der Waals surface area (Å²) in [4.78, 5) is 16.4. The Morgan fingerprint density at radius 2 is 2.10 bits per heavy atom. The number of carbonyl (C=O) groups is 1. The SMILES string of the molecule is CCOC(=O)c1cccnc1-n1nc(CC)c(N)c1CC. The van der Waals surface area contributed by atoms with E-state index in [1.165, 1.54) is 0 Å². The largest absolute Gasteiger partial charge is 0.462 e. The van der Waals surface area contributed by atoms with Crippen LogP contribution in [0.5, 0.6) is 0 Å². The van der Waals surface area contributed by atoms with Crippen molar-refractivity contribution in [1.29, 1.82) is 0 Å². The van der Waals surface area contributed by atoms with Gasteiger partial charge < -0.3 is 10.5 Å². The van der Waals surface area contributed by atoms with Crippen LogP contribution < -0.4 is 5.73 Å². The van der Waals surface area contributed by atoms with E-state index in [1.54, 1.807) is 29.9 Å². The summed E-state index contributed by atoms with van der Waals surface area (Å²) in [5.41, 5.74) is 8.85. The molecule has 2 aromatic rings. The fourth-order valence-corrected chi connectivity index (χ4v) is 2.23. The second kappa shape index (κ2) is 6.39. The van der Waals surface area contributed by atoms with Gasteiger partial charge in [-0.2, -0.15) is 5.10 Å². The Morgan fingerprint density at radius 3 is 2.71 bits per heavy atom. The highest BCUT2D eigenvalue weighted by atomic mass is 16.5. The molecule has 0 unspecified atom stereocenters. The highest BCUT2D eigenvalue weighted by Gasteiger charge is 2.20. The fourth-order valence-electron chi connectivity index (χ4n) is 2.23. The van der Waals surface area contributed by atoms with Gasteiger partial charge >= 0.3 is 5.97 Å². The van der Waals surface area contributed by atoms with Gasteiger partial charge in [0.2, 0.25) is 0 Å². The molecule has 0 fully saturated rings. The normalized spacial score (nSPS) is 10.6. The van der Waals surface area contributed by atoms with Crippen LogP contribution in [0.4, 0.5) is 5.69 Å². The molecule has 2 rings (SSSR count). The van der Waals surface area contributed by atoms with Crippen molar-refractivity contribution >= 4 is 11.7 Å². The maximum atomic E-state index is 12.1. The van der Waals surface area contributed by atoms with Crippen molar-refractivity contribution in [3.8, 4) is 5.82 Å². The molecule has 0 bridgehead atoms. The van der Waals surface area contributed by atoms with Crippen LogP contribution in [0.3, 0.4) is 0 Å². The quantitative estimate of drug-likeness (QED) is 0.852. The predicted octanol–water partition coefficient (Wildman–Crippen LogP) is 2.15. The lowest BCUT2D eigenvalue weighted by Crippen LogP contribution is -2.13. The molecule has 0 saturated heterocycles. The van der Waals surface area contributed by atoms with Crippen molar-refractivity contribution in [2.75, 3.05) is 12.3 Å². The van der Waals surface area contributed by atoms with Gasteiger partial charge in [-0.1, -0.05) is 13.8 Å². The third kappa shape index (κ3) is 2.74. The van der Waals surface area contributed by atoms with Gasteiger partial charge in [-0.3, -0.25) is 0 Å². The number of esters is 1. The fraction of sp³-hybridized carbons (Fsp3) is 0.400. The molecule has 0 aromatic carbocycles. The van der Waals surface area contributed by atoms with Crippen molar-refractivity contribution in [3.63, 3.8) is 0 Å². The number of nitrogens with two attached hydrogens (primary N) is 1. The smallest absolute Gasteiger partial charge is 0.341 e. The first-order valence-electron chi connectivity index (χ1n) is 7.12. The summed E-state index contributed by atoms with van der Waals surface area (Å²) in [6, 6.07) is 3.39. The van der Waals surface area contributed by atoms with E-state index < -0.39 is 5.97 Å². The highest BCUT2D eigenvalue weighted by molar-refractivity contribution is 5.92. The maximum absolute atomic E-state index is 12.1. The Hall–Kier alpha value is -2.37. The van der Waals surface area contributed by atoms with Crippen LogP contribution in [0, 0.1) is 0 Å². The highest BCUT2D eigenvalue weighted by Crippen LogP contribution is 2.23. The summed E-state index contributed by atoms with van der Waals surface area (Å²) in [5, 5.41) is 4.49. The molecule has 0 radical (unpaired) electrons. The molecule has 0 spiro atoms. The number of aromatic nitrogens is 3.